The van der Waals surface area contributed by atoms with Crippen LogP contribution >= 0.6 is 0 Å². The van der Waals surface area contributed by atoms with Gasteiger partial charge in [0.15, 0.2) is 36.1 Å². The van der Waals surface area contributed by atoms with Crippen LogP contribution in [0.15, 0.2) is 11.1 Å². The first-order valence-corrected chi connectivity index (χ1v) is 13.0. The summed E-state index contributed by atoms with van der Waals surface area (Å²) in [6, 6.07) is 0. The minimum Gasteiger partial charge on any atom is -0.353 e. The first-order valence-electron chi connectivity index (χ1n) is 13.0. The van der Waals surface area contributed by atoms with E-state index in [0.717, 1.165) is 32.1 Å². The molecular weight excluding hydrogens is 489 g/mol. The maximum atomic E-state index is 16.0. The van der Waals surface area contributed by atoms with Crippen LogP contribution in [0.5, 0.6) is 0 Å². The summed E-state index contributed by atoms with van der Waals surface area (Å²) >= 11 is 0. The van der Waals surface area contributed by atoms with E-state index in [1.54, 1.807) is 13.8 Å². The molecule has 12 nitrogen and oxygen atoms in total. The Labute approximate surface area is 213 Å². The molecule has 0 radical (unpaired) electrons. The van der Waals surface area contributed by atoms with Crippen molar-refractivity contribution in [1.29, 1.82) is 0 Å². The molecule has 5 rings (SSSR count). The number of amides is 1. The van der Waals surface area contributed by atoms with Crippen LogP contribution in [0.3, 0.4) is 0 Å². The van der Waals surface area contributed by atoms with Crippen molar-refractivity contribution in [3.05, 3.63) is 16.7 Å². The largest absolute Gasteiger partial charge is 0.353 e. The van der Waals surface area contributed by atoms with Gasteiger partial charge < -0.3 is 23.7 Å². The van der Waals surface area contributed by atoms with Crippen LogP contribution in [-0.2, 0) is 28.5 Å². The summed E-state index contributed by atoms with van der Waals surface area (Å²) in [6.07, 6.45) is 1.13. The molecule has 2 unspecified atom stereocenters. The van der Waals surface area contributed by atoms with Crippen LogP contribution in [0.2, 0.25) is 0 Å². The number of alkyl halides is 1. The van der Waals surface area contributed by atoms with Crippen molar-refractivity contribution in [2.75, 3.05) is 25.1 Å². The van der Waals surface area contributed by atoms with Crippen LogP contribution in [0.4, 0.5) is 10.3 Å². The van der Waals surface area contributed by atoms with Gasteiger partial charge >= 0.3 is 0 Å². The third-order valence-corrected chi connectivity index (χ3v) is 6.77. The highest BCUT2D eigenvalue weighted by Gasteiger charge is 2.49. The number of nitrogens with zero attached hydrogens (tertiary/aromatic N) is 3. The van der Waals surface area contributed by atoms with Gasteiger partial charge in [0.25, 0.3) is 5.56 Å². The van der Waals surface area contributed by atoms with Gasteiger partial charge in [0.2, 0.25) is 11.9 Å². The van der Waals surface area contributed by atoms with Gasteiger partial charge in [-0.3, -0.25) is 24.5 Å². The van der Waals surface area contributed by atoms with Gasteiger partial charge in [-0.1, -0.05) is 13.8 Å². The molecule has 0 bridgehead atoms. The van der Waals surface area contributed by atoms with Gasteiger partial charge in [-0.05, 0) is 38.5 Å². The summed E-state index contributed by atoms with van der Waals surface area (Å²) in [5.41, 5.74) is -0.476. The highest BCUT2D eigenvalue weighted by atomic mass is 19.1. The normalized spacial score (nSPS) is 30.7. The Hall–Kier alpha value is -2.45. The summed E-state index contributed by atoms with van der Waals surface area (Å²) in [5, 5.41) is 2.57. The molecule has 2 aromatic rings. The molecule has 2 N–H and O–H groups in total. The molecule has 3 aliphatic heterocycles. The number of imidazole rings is 1. The second-order valence-corrected chi connectivity index (χ2v) is 9.92. The summed E-state index contributed by atoms with van der Waals surface area (Å²) in [5.74, 6) is -0.700. The van der Waals surface area contributed by atoms with Crippen molar-refractivity contribution in [2.45, 2.75) is 89.6 Å². The monoisotopic (exact) mass is 523 g/mol. The summed E-state index contributed by atoms with van der Waals surface area (Å²) in [7, 11) is 0. The molecule has 0 spiro atoms. The van der Waals surface area contributed by atoms with Gasteiger partial charge in [0.05, 0.1) is 12.9 Å². The molecule has 13 heteroatoms. The van der Waals surface area contributed by atoms with Gasteiger partial charge in [-0.2, -0.15) is 4.98 Å². The lowest BCUT2D eigenvalue weighted by Crippen LogP contribution is -2.40. The Morgan fingerprint density at radius 3 is 2.62 bits per heavy atom. The molecular formula is C24H34FN5O7. The molecule has 6 atom stereocenters. The van der Waals surface area contributed by atoms with E-state index in [0.29, 0.717) is 19.6 Å². The average Bonchev–Trinajstić information content (AvgIpc) is 3.45. The SMILES string of the molecule is CC(C)C(=O)Nc1nc2c(ncn2[C@@H]2O[C@H](COC3CCCCO3)[C@@H](OC3CCCCO3)[C@H]2F)c(=O)[nH]1. The molecule has 2 aromatic heterocycles. The number of aromatic amines is 1. The van der Waals surface area contributed by atoms with E-state index in [1.807, 2.05) is 0 Å². The number of carbonyl (C=O) groups is 1. The molecule has 37 heavy (non-hydrogen) atoms. The van der Waals surface area contributed by atoms with Crippen molar-refractivity contribution in [2.24, 2.45) is 5.92 Å². The van der Waals surface area contributed by atoms with E-state index in [1.165, 1.54) is 10.9 Å². The fourth-order valence-corrected chi connectivity index (χ4v) is 4.69. The molecule has 0 aromatic carbocycles. The predicted octanol–water partition coefficient (Wildman–Crippen LogP) is 2.40. The third-order valence-electron chi connectivity index (χ3n) is 6.77. The lowest BCUT2D eigenvalue weighted by atomic mass is 10.1. The average molecular weight is 524 g/mol. The lowest BCUT2D eigenvalue weighted by molar-refractivity contribution is -0.220. The molecule has 5 heterocycles. The standard InChI is InChI=1S/C24H34FN5O7/c1-13(2)21(31)28-24-27-20-18(22(32)29-24)26-12-30(20)23-17(25)19(37-16-8-4-6-10-34-16)14(36-23)11-35-15-7-3-5-9-33-15/h12-17,19,23H,3-11H2,1-2H3,(H2,27,28,29,31,32)/t14-,15?,16?,17-,19-,23-/m1/s1. The Bertz CT molecular complexity index is 1130. The second-order valence-electron chi connectivity index (χ2n) is 9.92. The summed E-state index contributed by atoms with van der Waals surface area (Å²) < 4.78 is 46.8. The highest BCUT2D eigenvalue weighted by Crippen LogP contribution is 2.37. The van der Waals surface area contributed by atoms with Crippen LogP contribution in [0.25, 0.3) is 11.2 Å². The highest BCUT2D eigenvalue weighted by molar-refractivity contribution is 5.91. The number of hydrogen-bond donors (Lipinski definition) is 2. The van der Waals surface area contributed by atoms with E-state index in [9.17, 15) is 9.59 Å². The fourth-order valence-electron chi connectivity index (χ4n) is 4.69. The van der Waals surface area contributed by atoms with Crippen molar-refractivity contribution in [3.8, 4) is 0 Å². The zero-order valence-corrected chi connectivity index (χ0v) is 21.1. The third kappa shape index (κ3) is 5.85. The van der Waals surface area contributed by atoms with Gasteiger partial charge in [-0.15, -0.1) is 0 Å². The van der Waals surface area contributed by atoms with Crippen molar-refractivity contribution >= 4 is 23.0 Å². The predicted molar refractivity (Wildman–Crippen MR) is 128 cm³/mol. The van der Waals surface area contributed by atoms with E-state index in [2.05, 4.69) is 20.3 Å². The zero-order valence-electron chi connectivity index (χ0n) is 21.1. The van der Waals surface area contributed by atoms with Crippen LogP contribution in [0.1, 0.15) is 58.6 Å². The molecule has 1 amide bonds. The fraction of sp³-hybridized carbons (Fsp3) is 0.750. The zero-order chi connectivity index (χ0) is 25.9. The number of halogens is 1. The summed E-state index contributed by atoms with van der Waals surface area (Å²) in [4.78, 5) is 35.7. The Morgan fingerprint density at radius 1 is 1.22 bits per heavy atom. The van der Waals surface area contributed by atoms with Crippen LogP contribution in [-0.4, -0.2) is 76.2 Å². The van der Waals surface area contributed by atoms with Crippen LogP contribution in [0, 0.1) is 5.92 Å². The number of rotatable bonds is 8. The minimum atomic E-state index is -1.63. The number of hydrogen-bond acceptors (Lipinski definition) is 9. The maximum absolute atomic E-state index is 16.0. The minimum absolute atomic E-state index is 0.00161. The van der Waals surface area contributed by atoms with E-state index >= 15 is 4.39 Å². The van der Waals surface area contributed by atoms with Gasteiger partial charge in [-0.25, -0.2) is 9.37 Å². The summed E-state index contributed by atoms with van der Waals surface area (Å²) in [6.45, 7) is 4.67. The van der Waals surface area contributed by atoms with Crippen molar-refractivity contribution in [3.63, 3.8) is 0 Å². The number of aromatic nitrogens is 4. The Balaban J connectivity index is 1.39. The maximum Gasteiger partial charge on any atom is 0.280 e. The Morgan fingerprint density at radius 2 is 1.95 bits per heavy atom. The molecule has 0 saturated carbocycles. The van der Waals surface area contributed by atoms with Gasteiger partial charge in [0.1, 0.15) is 12.2 Å². The Kier molecular flexibility index (Phi) is 8.15. The topological polar surface area (TPSA) is 139 Å². The first-order chi connectivity index (χ1) is 17.9. The molecule has 3 aliphatic rings. The first kappa shape index (κ1) is 26.2. The van der Waals surface area contributed by atoms with E-state index in [-0.39, 0.29) is 41.8 Å². The molecule has 3 fully saturated rings. The lowest BCUT2D eigenvalue weighted by Gasteiger charge is -2.29. The quantitative estimate of drug-likeness (QED) is 0.534. The number of anilines is 1. The van der Waals surface area contributed by atoms with Crippen molar-refractivity contribution < 1.29 is 32.9 Å². The number of nitrogens with one attached hydrogen (secondary N) is 2. The van der Waals surface area contributed by atoms with E-state index in [4.69, 9.17) is 23.7 Å². The van der Waals surface area contributed by atoms with Crippen molar-refractivity contribution in [1.82, 2.24) is 19.5 Å². The second kappa shape index (κ2) is 11.5. The van der Waals surface area contributed by atoms with E-state index < -0.39 is 36.5 Å². The molecule has 3 saturated heterocycles. The van der Waals surface area contributed by atoms with Gasteiger partial charge in [0, 0.05) is 19.1 Å². The molecule has 204 valence electrons. The number of ether oxygens (including phenoxy) is 5. The number of carbonyl (C=O) groups excluding carboxylic acids is 1. The molecule has 0 aliphatic carbocycles. The smallest absolute Gasteiger partial charge is 0.280 e. The van der Waals surface area contributed by atoms with Crippen LogP contribution < -0.4 is 10.9 Å². The number of fused-ring (bicyclic) bond motifs is 1. The number of H-pyrrole nitrogens is 1.